The maximum atomic E-state index is 12.0. The molecule has 1 amide bonds. The van der Waals surface area contributed by atoms with E-state index in [9.17, 15) is 4.79 Å². The summed E-state index contributed by atoms with van der Waals surface area (Å²) >= 11 is 0. The molecule has 1 rings (SSSR count). The number of amides is 1. The molecule has 0 radical (unpaired) electrons. The van der Waals surface area contributed by atoms with Crippen molar-refractivity contribution >= 4 is 5.91 Å². The topological polar surface area (TPSA) is 50.4 Å². The van der Waals surface area contributed by atoms with Gasteiger partial charge in [-0.15, -0.1) is 0 Å². The summed E-state index contributed by atoms with van der Waals surface area (Å²) in [6.07, 6.45) is 1.84. The van der Waals surface area contributed by atoms with Gasteiger partial charge in [-0.05, 0) is 31.8 Å². The fourth-order valence-corrected chi connectivity index (χ4v) is 1.97. The molecule has 1 fully saturated rings. The second-order valence-corrected chi connectivity index (χ2v) is 5.54. The number of rotatable bonds is 6. The highest BCUT2D eigenvalue weighted by molar-refractivity contribution is 5.82. The van der Waals surface area contributed by atoms with Crippen molar-refractivity contribution in [2.24, 2.45) is 11.3 Å². The molecule has 1 saturated heterocycles. The molecule has 0 saturated carbocycles. The summed E-state index contributed by atoms with van der Waals surface area (Å²) < 4.78 is 5.44. The Kier molecular flexibility index (Phi) is 5.92. The maximum absolute atomic E-state index is 12.0. The summed E-state index contributed by atoms with van der Waals surface area (Å²) in [5.41, 5.74) is -0.191. The highest BCUT2D eigenvalue weighted by atomic mass is 16.5. The SMILES string of the molecule is CC(C)COCCNC(=O)C1(C)CCNCC1. The second-order valence-electron chi connectivity index (χ2n) is 5.54. The third kappa shape index (κ3) is 5.04. The van der Waals surface area contributed by atoms with Gasteiger partial charge in [-0.2, -0.15) is 0 Å². The van der Waals surface area contributed by atoms with Gasteiger partial charge in [0.15, 0.2) is 0 Å². The van der Waals surface area contributed by atoms with Gasteiger partial charge in [-0.3, -0.25) is 4.79 Å². The molecule has 1 aliphatic rings. The molecule has 1 heterocycles. The van der Waals surface area contributed by atoms with Crippen molar-refractivity contribution in [3.05, 3.63) is 0 Å². The van der Waals surface area contributed by atoms with Crippen LogP contribution in [0.15, 0.2) is 0 Å². The molecule has 0 unspecified atom stereocenters. The highest BCUT2D eigenvalue weighted by Gasteiger charge is 2.33. The van der Waals surface area contributed by atoms with E-state index in [-0.39, 0.29) is 11.3 Å². The molecule has 0 atom stereocenters. The van der Waals surface area contributed by atoms with E-state index in [1.165, 1.54) is 0 Å². The molecular formula is C13H26N2O2. The van der Waals surface area contributed by atoms with E-state index in [2.05, 4.69) is 31.4 Å². The van der Waals surface area contributed by atoms with Crippen LogP contribution in [0.4, 0.5) is 0 Å². The molecule has 0 bridgehead atoms. The summed E-state index contributed by atoms with van der Waals surface area (Å²) in [5, 5.41) is 6.25. The molecule has 4 nitrogen and oxygen atoms in total. The first-order valence-corrected chi connectivity index (χ1v) is 6.61. The van der Waals surface area contributed by atoms with Crippen LogP contribution in [-0.2, 0) is 9.53 Å². The Labute approximate surface area is 104 Å². The fraction of sp³-hybridized carbons (Fsp3) is 0.923. The minimum atomic E-state index is -0.191. The van der Waals surface area contributed by atoms with Gasteiger partial charge in [0.2, 0.25) is 5.91 Å². The Morgan fingerprint density at radius 1 is 1.41 bits per heavy atom. The van der Waals surface area contributed by atoms with Crippen molar-refractivity contribution < 1.29 is 9.53 Å². The molecule has 1 aliphatic heterocycles. The lowest BCUT2D eigenvalue weighted by atomic mass is 9.80. The first-order valence-electron chi connectivity index (χ1n) is 6.61. The van der Waals surface area contributed by atoms with Crippen LogP contribution in [0.25, 0.3) is 0 Å². The molecule has 100 valence electrons. The number of nitrogens with one attached hydrogen (secondary N) is 2. The summed E-state index contributed by atoms with van der Waals surface area (Å²) in [4.78, 5) is 12.0. The van der Waals surface area contributed by atoms with Crippen molar-refractivity contribution in [1.29, 1.82) is 0 Å². The van der Waals surface area contributed by atoms with Crippen molar-refractivity contribution in [3.8, 4) is 0 Å². The highest BCUT2D eigenvalue weighted by Crippen LogP contribution is 2.27. The lowest BCUT2D eigenvalue weighted by molar-refractivity contribution is -0.131. The Morgan fingerprint density at radius 3 is 2.65 bits per heavy atom. The van der Waals surface area contributed by atoms with E-state index in [0.29, 0.717) is 19.1 Å². The van der Waals surface area contributed by atoms with Crippen LogP contribution in [0.3, 0.4) is 0 Å². The number of hydrogen-bond acceptors (Lipinski definition) is 3. The zero-order chi connectivity index (χ0) is 12.7. The predicted molar refractivity (Wildman–Crippen MR) is 68.9 cm³/mol. The summed E-state index contributed by atoms with van der Waals surface area (Å²) in [5.74, 6) is 0.722. The quantitative estimate of drug-likeness (QED) is 0.687. The van der Waals surface area contributed by atoms with Crippen LogP contribution in [0, 0.1) is 11.3 Å². The largest absolute Gasteiger partial charge is 0.379 e. The Morgan fingerprint density at radius 2 is 2.06 bits per heavy atom. The summed E-state index contributed by atoms with van der Waals surface area (Å²) in [7, 11) is 0. The number of carbonyl (C=O) groups excluding carboxylic acids is 1. The minimum Gasteiger partial charge on any atom is -0.379 e. The number of ether oxygens (including phenoxy) is 1. The monoisotopic (exact) mass is 242 g/mol. The smallest absolute Gasteiger partial charge is 0.226 e. The lowest BCUT2D eigenvalue weighted by Gasteiger charge is -2.32. The van der Waals surface area contributed by atoms with Gasteiger partial charge in [0, 0.05) is 18.6 Å². The van der Waals surface area contributed by atoms with Crippen LogP contribution in [-0.4, -0.2) is 38.8 Å². The van der Waals surface area contributed by atoms with Crippen LogP contribution < -0.4 is 10.6 Å². The first-order chi connectivity index (χ1) is 8.04. The van der Waals surface area contributed by atoms with Gasteiger partial charge in [0.1, 0.15) is 0 Å². The first kappa shape index (κ1) is 14.5. The van der Waals surface area contributed by atoms with Crippen LogP contribution in [0.5, 0.6) is 0 Å². The maximum Gasteiger partial charge on any atom is 0.226 e. The van der Waals surface area contributed by atoms with Crippen molar-refractivity contribution in [1.82, 2.24) is 10.6 Å². The van der Waals surface area contributed by atoms with E-state index in [0.717, 1.165) is 32.5 Å². The van der Waals surface area contributed by atoms with Gasteiger partial charge >= 0.3 is 0 Å². The second kappa shape index (κ2) is 6.97. The van der Waals surface area contributed by atoms with Gasteiger partial charge < -0.3 is 15.4 Å². The Hall–Kier alpha value is -0.610. The third-order valence-electron chi connectivity index (χ3n) is 3.24. The summed E-state index contributed by atoms with van der Waals surface area (Å²) in [6.45, 7) is 10.2. The minimum absolute atomic E-state index is 0.173. The predicted octanol–water partition coefficient (Wildman–Crippen LogP) is 1.16. The summed E-state index contributed by atoms with van der Waals surface area (Å²) in [6, 6.07) is 0. The molecule has 2 N–H and O–H groups in total. The van der Waals surface area contributed by atoms with Crippen molar-refractivity contribution in [2.45, 2.75) is 33.6 Å². The van der Waals surface area contributed by atoms with Gasteiger partial charge in [-0.25, -0.2) is 0 Å². The average Bonchev–Trinajstić information content (AvgIpc) is 2.29. The van der Waals surface area contributed by atoms with Crippen LogP contribution in [0.1, 0.15) is 33.6 Å². The zero-order valence-corrected chi connectivity index (χ0v) is 11.3. The average molecular weight is 242 g/mol. The number of piperidine rings is 1. The van der Waals surface area contributed by atoms with Crippen LogP contribution in [0.2, 0.25) is 0 Å². The van der Waals surface area contributed by atoms with Gasteiger partial charge in [-0.1, -0.05) is 20.8 Å². The Balaban J connectivity index is 2.15. The third-order valence-corrected chi connectivity index (χ3v) is 3.24. The molecule has 0 aromatic heterocycles. The van der Waals surface area contributed by atoms with Gasteiger partial charge in [0.05, 0.1) is 6.61 Å². The molecule has 0 aromatic rings. The van der Waals surface area contributed by atoms with Crippen molar-refractivity contribution in [2.75, 3.05) is 32.8 Å². The van der Waals surface area contributed by atoms with E-state index in [1.807, 2.05) is 0 Å². The zero-order valence-electron chi connectivity index (χ0n) is 11.3. The number of hydrogen-bond donors (Lipinski definition) is 2. The van der Waals surface area contributed by atoms with Gasteiger partial charge in [0.25, 0.3) is 0 Å². The molecule has 4 heteroatoms. The molecule has 0 spiro atoms. The molecule has 0 aromatic carbocycles. The molecular weight excluding hydrogens is 216 g/mol. The van der Waals surface area contributed by atoms with E-state index >= 15 is 0 Å². The molecule has 17 heavy (non-hydrogen) atoms. The molecule has 0 aliphatic carbocycles. The number of carbonyl (C=O) groups is 1. The standard InChI is InChI=1S/C13H26N2O2/c1-11(2)10-17-9-8-15-12(16)13(3)4-6-14-7-5-13/h11,14H,4-10H2,1-3H3,(H,15,16). The van der Waals surface area contributed by atoms with E-state index < -0.39 is 0 Å². The normalized spacial score (nSPS) is 19.3. The van der Waals surface area contributed by atoms with E-state index in [1.54, 1.807) is 0 Å². The van der Waals surface area contributed by atoms with Crippen molar-refractivity contribution in [3.63, 3.8) is 0 Å². The van der Waals surface area contributed by atoms with Crippen LogP contribution >= 0.6 is 0 Å². The Bertz CT molecular complexity index is 236. The fourth-order valence-electron chi connectivity index (χ4n) is 1.97. The lowest BCUT2D eigenvalue weighted by Crippen LogP contribution is -2.46. The van der Waals surface area contributed by atoms with E-state index in [4.69, 9.17) is 4.74 Å².